The lowest BCUT2D eigenvalue weighted by molar-refractivity contribution is -0.151. The van der Waals surface area contributed by atoms with Gasteiger partial charge in [-0.2, -0.15) is 26.3 Å². The first-order chi connectivity index (χ1) is 19.1. The molecule has 2 aliphatic rings. The third kappa shape index (κ3) is 7.56. The van der Waals surface area contributed by atoms with Crippen molar-refractivity contribution in [3.63, 3.8) is 0 Å². The fraction of sp³-hybridized carbons (Fsp3) is 0.552. The van der Waals surface area contributed by atoms with Crippen molar-refractivity contribution in [3.05, 3.63) is 63.1 Å². The highest BCUT2D eigenvalue weighted by Crippen LogP contribution is 2.43. The van der Waals surface area contributed by atoms with Gasteiger partial charge in [0.1, 0.15) is 11.9 Å². The van der Waals surface area contributed by atoms with E-state index in [0.717, 1.165) is 19.4 Å². The molecule has 4 rings (SSSR count). The number of para-hydroxylation sites is 1. The molecule has 1 N–H and O–H groups in total. The molecule has 2 heterocycles. The van der Waals surface area contributed by atoms with E-state index in [-0.39, 0.29) is 23.3 Å². The Morgan fingerprint density at radius 1 is 1.17 bits per heavy atom. The minimum atomic E-state index is -4.96. The van der Waals surface area contributed by atoms with E-state index in [1.807, 2.05) is 0 Å². The van der Waals surface area contributed by atoms with Crippen LogP contribution in [-0.2, 0) is 21.9 Å². The highest BCUT2D eigenvalue weighted by Gasteiger charge is 2.40. The summed E-state index contributed by atoms with van der Waals surface area (Å²) >= 11 is 3.42. The topological polar surface area (TPSA) is 59.0 Å². The van der Waals surface area contributed by atoms with Gasteiger partial charge in [0.25, 0.3) is 0 Å². The summed E-state index contributed by atoms with van der Waals surface area (Å²) in [5.41, 5.74) is -3.23. The van der Waals surface area contributed by atoms with Crippen molar-refractivity contribution in [2.45, 2.75) is 64.1 Å². The molecule has 2 aromatic carbocycles. The molecule has 0 saturated carbocycles. The highest BCUT2D eigenvalue weighted by atomic mass is 79.9. The monoisotopic (exact) mass is 651 g/mol. The average molecular weight is 652 g/mol. The first-order valence-electron chi connectivity index (χ1n) is 13.4. The Bertz CT molecular complexity index is 1220. The SMILES string of the molecule is CC(Oc1c(Br)cccc1C1CC(CN2CCC[C@@](C)(C(=O)O)C2)CCO1)c1cc(C(F)(F)F)cc(C(F)(F)F)c1. The van der Waals surface area contributed by atoms with Gasteiger partial charge in [0, 0.05) is 25.3 Å². The van der Waals surface area contributed by atoms with Crippen LogP contribution in [0.1, 0.15) is 74.0 Å². The Morgan fingerprint density at radius 3 is 2.44 bits per heavy atom. The van der Waals surface area contributed by atoms with Gasteiger partial charge in [-0.3, -0.25) is 4.79 Å². The van der Waals surface area contributed by atoms with Gasteiger partial charge in [-0.15, -0.1) is 0 Å². The molecule has 2 aromatic rings. The van der Waals surface area contributed by atoms with Crippen molar-refractivity contribution in [1.82, 2.24) is 4.90 Å². The standard InChI is InChI=1S/C29H32BrF6NO4/c1-17(19-12-20(28(31,32)33)14-21(13-19)29(34,35)36)41-25-22(5-3-6-23(25)30)24-11-18(7-10-40-24)15-37-9-4-8-27(2,16-37)26(38)39/h3,5-6,12-14,17-18,24H,4,7-11,15-16H2,1-2H3,(H,38,39)/t17?,18?,24?,27-/m1/s1. The van der Waals surface area contributed by atoms with Crippen LogP contribution in [0.4, 0.5) is 26.3 Å². The summed E-state index contributed by atoms with van der Waals surface area (Å²) in [6, 6.07) is 6.66. The summed E-state index contributed by atoms with van der Waals surface area (Å²) in [6.45, 7) is 5.59. The van der Waals surface area contributed by atoms with Gasteiger partial charge in [-0.05, 0) is 97.8 Å². The maximum atomic E-state index is 13.4. The highest BCUT2D eigenvalue weighted by molar-refractivity contribution is 9.10. The van der Waals surface area contributed by atoms with E-state index in [9.17, 15) is 36.2 Å². The molecular formula is C29H32BrF6NO4. The molecule has 12 heteroatoms. The van der Waals surface area contributed by atoms with E-state index in [0.29, 0.717) is 54.7 Å². The van der Waals surface area contributed by atoms with Crippen molar-refractivity contribution >= 4 is 21.9 Å². The van der Waals surface area contributed by atoms with Gasteiger partial charge in [0.2, 0.25) is 0 Å². The molecule has 2 fully saturated rings. The summed E-state index contributed by atoms with van der Waals surface area (Å²) in [5, 5.41) is 9.66. The van der Waals surface area contributed by atoms with Crippen LogP contribution in [0.15, 0.2) is 40.9 Å². The number of halogens is 7. The number of likely N-dealkylation sites (tertiary alicyclic amines) is 1. The molecule has 2 aliphatic heterocycles. The van der Waals surface area contributed by atoms with E-state index in [2.05, 4.69) is 20.8 Å². The van der Waals surface area contributed by atoms with Crippen LogP contribution in [-0.4, -0.2) is 42.2 Å². The summed E-state index contributed by atoms with van der Waals surface area (Å²) in [6.07, 6.45) is -8.69. The lowest BCUT2D eigenvalue weighted by Gasteiger charge is -2.40. The van der Waals surface area contributed by atoms with Crippen LogP contribution in [0.5, 0.6) is 5.75 Å². The third-order valence-electron chi connectivity index (χ3n) is 7.92. The Kier molecular flexibility index (Phi) is 9.35. The Balaban J connectivity index is 1.55. The molecule has 5 nitrogen and oxygen atoms in total. The van der Waals surface area contributed by atoms with Crippen LogP contribution in [0, 0.1) is 11.3 Å². The average Bonchev–Trinajstić information content (AvgIpc) is 2.88. The first kappa shape index (κ1) is 31.6. The minimum Gasteiger partial charge on any atom is -0.484 e. The lowest BCUT2D eigenvalue weighted by atomic mass is 9.81. The second-order valence-corrected chi connectivity index (χ2v) is 12.1. The number of nitrogens with zero attached hydrogens (tertiary/aromatic N) is 1. The number of hydrogen-bond acceptors (Lipinski definition) is 4. The second kappa shape index (κ2) is 12.1. The van der Waals surface area contributed by atoms with Gasteiger partial charge >= 0.3 is 18.3 Å². The molecule has 0 radical (unpaired) electrons. The predicted molar refractivity (Wildman–Crippen MR) is 142 cm³/mol. The number of rotatable bonds is 7. The number of carbonyl (C=O) groups is 1. The molecule has 0 spiro atoms. The summed E-state index contributed by atoms with van der Waals surface area (Å²) in [5.74, 6) is -0.319. The number of alkyl halides is 6. The fourth-order valence-corrected chi connectivity index (χ4v) is 6.13. The molecule has 226 valence electrons. The van der Waals surface area contributed by atoms with Crippen molar-refractivity contribution < 1.29 is 45.7 Å². The van der Waals surface area contributed by atoms with Gasteiger partial charge in [0.05, 0.1) is 27.1 Å². The van der Waals surface area contributed by atoms with Gasteiger partial charge in [0.15, 0.2) is 0 Å². The molecule has 0 amide bonds. The maximum absolute atomic E-state index is 13.4. The third-order valence-corrected chi connectivity index (χ3v) is 8.54. The number of hydrogen-bond donors (Lipinski definition) is 1. The number of ether oxygens (including phenoxy) is 2. The number of carboxylic acids is 1. The lowest BCUT2D eigenvalue weighted by Crippen LogP contribution is -2.47. The molecule has 0 aliphatic carbocycles. The Labute approximate surface area is 242 Å². The van der Waals surface area contributed by atoms with E-state index in [1.54, 1.807) is 25.1 Å². The molecule has 4 atom stereocenters. The number of piperidine rings is 1. The van der Waals surface area contributed by atoms with E-state index >= 15 is 0 Å². The molecule has 3 unspecified atom stereocenters. The fourth-order valence-electron chi connectivity index (χ4n) is 5.65. The van der Waals surface area contributed by atoms with E-state index in [4.69, 9.17) is 9.47 Å². The van der Waals surface area contributed by atoms with E-state index < -0.39 is 47.1 Å². The van der Waals surface area contributed by atoms with Gasteiger partial charge < -0.3 is 19.5 Å². The molecule has 0 aromatic heterocycles. The van der Waals surface area contributed by atoms with Crippen LogP contribution < -0.4 is 4.74 Å². The number of aliphatic carboxylic acids is 1. The van der Waals surface area contributed by atoms with Crippen molar-refractivity contribution in [2.75, 3.05) is 26.2 Å². The second-order valence-electron chi connectivity index (χ2n) is 11.2. The quantitative estimate of drug-likeness (QED) is 0.305. The van der Waals surface area contributed by atoms with Crippen molar-refractivity contribution in [1.29, 1.82) is 0 Å². The Morgan fingerprint density at radius 2 is 1.83 bits per heavy atom. The van der Waals surface area contributed by atoms with Gasteiger partial charge in [-0.25, -0.2) is 0 Å². The van der Waals surface area contributed by atoms with Crippen molar-refractivity contribution in [2.24, 2.45) is 11.3 Å². The zero-order valence-electron chi connectivity index (χ0n) is 22.6. The zero-order valence-corrected chi connectivity index (χ0v) is 24.2. The molecule has 0 bridgehead atoms. The van der Waals surface area contributed by atoms with Crippen LogP contribution in [0.2, 0.25) is 0 Å². The summed E-state index contributed by atoms with van der Waals surface area (Å²) in [4.78, 5) is 13.9. The zero-order chi connectivity index (χ0) is 30.2. The van der Waals surface area contributed by atoms with Crippen molar-refractivity contribution in [3.8, 4) is 5.75 Å². The van der Waals surface area contributed by atoms with Crippen LogP contribution in [0.25, 0.3) is 0 Å². The number of benzene rings is 2. The first-order valence-corrected chi connectivity index (χ1v) is 14.2. The van der Waals surface area contributed by atoms with Crippen LogP contribution in [0.3, 0.4) is 0 Å². The number of carboxylic acid groups (broad SMARTS) is 1. The minimum absolute atomic E-state index is 0.0947. The normalized spacial score (nSPS) is 25.1. The van der Waals surface area contributed by atoms with Crippen LogP contribution >= 0.6 is 15.9 Å². The largest absolute Gasteiger partial charge is 0.484 e. The molecular weight excluding hydrogens is 620 g/mol. The molecule has 41 heavy (non-hydrogen) atoms. The van der Waals surface area contributed by atoms with Gasteiger partial charge in [-0.1, -0.05) is 12.1 Å². The maximum Gasteiger partial charge on any atom is 0.416 e. The summed E-state index contributed by atoms with van der Waals surface area (Å²) in [7, 11) is 0. The summed E-state index contributed by atoms with van der Waals surface area (Å²) < 4.78 is 93.1. The smallest absolute Gasteiger partial charge is 0.416 e. The molecule has 2 saturated heterocycles. The Hall–Kier alpha value is -2.31. The van der Waals surface area contributed by atoms with E-state index in [1.165, 1.54) is 6.92 Å². The predicted octanol–water partition coefficient (Wildman–Crippen LogP) is 8.28.